The minimum atomic E-state index is -1.14. The van der Waals surface area contributed by atoms with Gasteiger partial charge in [-0.15, -0.1) is 0 Å². The first-order chi connectivity index (χ1) is 5.49. The molecule has 8 nitrogen and oxygen atoms in total. The van der Waals surface area contributed by atoms with Gasteiger partial charge in [-0.3, -0.25) is 0 Å². The van der Waals surface area contributed by atoms with Crippen molar-refractivity contribution in [1.29, 1.82) is 5.26 Å². The van der Waals surface area contributed by atoms with Crippen LogP contribution in [0, 0.1) is 11.5 Å². The molecule has 4 amide bonds. The highest BCUT2D eigenvalue weighted by Gasteiger charge is 2.13. The lowest BCUT2D eigenvalue weighted by Gasteiger charge is -2.06. The number of primary amides is 2. The maximum absolute atomic E-state index is 10.4. The van der Waals surface area contributed by atoms with E-state index in [1.54, 1.807) is 0 Å². The van der Waals surface area contributed by atoms with E-state index in [0.29, 0.717) is 0 Å². The van der Waals surface area contributed by atoms with Crippen LogP contribution in [0.2, 0.25) is 0 Å². The summed E-state index contributed by atoms with van der Waals surface area (Å²) >= 11 is 0. The number of urea groups is 2. The average molecular weight is 170 g/mol. The fourth-order valence-electron chi connectivity index (χ4n) is 0.376. The van der Waals surface area contributed by atoms with Crippen molar-refractivity contribution in [3.8, 4) is 6.19 Å². The van der Waals surface area contributed by atoms with Crippen LogP contribution < -0.4 is 17.2 Å². The smallest absolute Gasteiger partial charge is 0.341 e. The first-order valence-electron chi connectivity index (χ1n) is 2.62. The first kappa shape index (κ1) is 9.70. The average Bonchev–Trinajstić information content (AvgIpc) is 1.85. The number of guanidine groups is 1. The van der Waals surface area contributed by atoms with Crippen LogP contribution in [0.25, 0.3) is 0 Å². The van der Waals surface area contributed by atoms with Crippen LogP contribution >= 0.6 is 0 Å². The van der Waals surface area contributed by atoms with Gasteiger partial charge in [-0.05, 0) is 0 Å². The zero-order valence-electron chi connectivity index (χ0n) is 5.89. The highest BCUT2D eigenvalue weighted by atomic mass is 16.2. The normalized spacial score (nSPS) is 10.1. The van der Waals surface area contributed by atoms with Gasteiger partial charge >= 0.3 is 12.1 Å². The molecule has 0 saturated heterocycles. The van der Waals surface area contributed by atoms with Crippen LogP contribution in [0.5, 0.6) is 0 Å². The molecule has 8 heteroatoms. The van der Waals surface area contributed by atoms with E-state index in [4.69, 9.17) is 11.0 Å². The van der Waals surface area contributed by atoms with E-state index >= 15 is 0 Å². The summed E-state index contributed by atoms with van der Waals surface area (Å²) in [5.74, 6) is -0.655. The molecule has 0 spiro atoms. The Morgan fingerprint density at radius 3 is 2.08 bits per heavy atom. The molecule has 0 aromatic rings. The van der Waals surface area contributed by atoms with E-state index < -0.39 is 18.0 Å². The van der Waals surface area contributed by atoms with E-state index in [9.17, 15) is 9.59 Å². The van der Waals surface area contributed by atoms with Gasteiger partial charge in [0.1, 0.15) is 0 Å². The molecule has 0 unspecified atom stereocenters. The molecule has 0 aromatic carbocycles. The molecule has 6 N–H and O–H groups in total. The van der Waals surface area contributed by atoms with E-state index in [-0.39, 0.29) is 4.90 Å². The topological polar surface area (TPSA) is 152 Å². The molecule has 0 aliphatic rings. The van der Waals surface area contributed by atoms with E-state index in [1.165, 1.54) is 6.19 Å². The number of hydrogen-bond donors (Lipinski definition) is 3. The number of aliphatic imine (C=N–C) groups is 1. The van der Waals surface area contributed by atoms with Crippen molar-refractivity contribution in [2.75, 3.05) is 0 Å². The molecular formula is C4H6N6O2. The third kappa shape index (κ3) is 2.53. The predicted molar refractivity (Wildman–Crippen MR) is 38.2 cm³/mol. The van der Waals surface area contributed by atoms with Gasteiger partial charge in [-0.1, -0.05) is 0 Å². The molecule has 0 fully saturated rings. The molecule has 64 valence electrons. The van der Waals surface area contributed by atoms with Gasteiger partial charge in [0.05, 0.1) is 0 Å². The Morgan fingerprint density at radius 2 is 1.83 bits per heavy atom. The molecule has 0 aromatic heterocycles. The van der Waals surface area contributed by atoms with Gasteiger partial charge in [-0.2, -0.15) is 15.2 Å². The summed E-state index contributed by atoms with van der Waals surface area (Å²) < 4.78 is 0. The highest BCUT2D eigenvalue weighted by molar-refractivity contribution is 6.00. The summed E-state index contributed by atoms with van der Waals surface area (Å²) in [6.07, 6.45) is 1.30. The Bertz CT molecular complexity index is 276. The second kappa shape index (κ2) is 3.77. The zero-order valence-corrected chi connectivity index (χ0v) is 5.89. The fraction of sp³-hybridized carbons (Fsp3) is 0. The van der Waals surface area contributed by atoms with Crippen molar-refractivity contribution >= 4 is 18.0 Å². The summed E-state index contributed by atoms with van der Waals surface area (Å²) in [6, 6.07) is -2.26. The monoisotopic (exact) mass is 170 g/mol. The van der Waals surface area contributed by atoms with Crippen LogP contribution in [-0.2, 0) is 0 Å². The lowest BCUT2D eigenvalue weighted by atomic mass is 10.7. The van der Waals surface area contributed by atoms with Gasteiger partial charge < -0.3 is 17.2 Å². The molecule has 0 heterocycles. The van der Waals surface area contributed by atoms with E-state index in [2.05, 4.69) is 16.5 Å². The lowest BCUT2D eigenvalue weighted by molar-refractivity contribution is 0.239. The molecule has 0 rings (SSSR count). The lowest BCUT2D eigenvalue weighted by Crippen LogP contribution is -2.42. The number of rotatable bonds is 0. The van der Waals surface area contributed by atoms with Crippen LogP contribution in [0.3, 0.4) is 0 Å². The second-order valence-electron chi connectivity index (χ2n) is 1.58. The van der Waals surface area contributed by atoms with Crippen LogP contribution in [-0.4, -0.2) is 22.9 Å². The van der Waals surface area contributed by atoms with E-state index in [0.717, 1.165) is 0 Å². The number of nitrogens with two attached hydrogens (primary N) is 3. The summed E-state index contributed by atoms with van der Waals surface area (Å²) in [7, 11) is 0. The highest BCUT2D eigenvalue weighted by Crippen LogP contribution is 1.84. The van der Waals surface area contributed by atoms with Gasteiger partial charge in [-0.25, -0.2) is 9.59 Å². The minimum absolute atomic E-state index is 0.227. The molecule has 0 saturated carbocycles. The number of hydrogen-bond acceptors (Lipinski definition) is 3. The predicted octanol–water partition coefficient (Wildman–Crippen LogP) is -1.76. The molecule has 0 aliphatic heterocycles. The number of carbonyl (C=O) groups excluding carboxylic acids is 2. The van der Waals surface area contributed by atoms with Crippen molar-refractivity contribution in [1.82, 2.24) is 4.90 Å². The van der Waals surface area contributed by atoms with Crippen molar-refractivity contribution in [2.24, 2.45) is 22.2 Å². The molecule has 0 aliphatic carbocycles. The van der Waals surface area contributed by atoms with Gasteiger partial charge in [0.2, 0.25) is 5.96 Å². The molecule has 12 heavy (non-hydrogen) atoms. The van der Waals surface area contributed by atoms with Gasteiger partial charge in [0.15, 0.2) is 6.19 Å². The number of amides is 4. The first-order valence-corrected chi connectivity index (χ1v) is 2.62. The quantitative estimate of drug-likeness (QED) is 0.170. The van der Waals surface area contributed by atoms with Crippen molar-refractivity contribution in [3.05, 3.63) is 0 Å². The number of carbonyl (C=O) groups is 2. The van der Waals surface area contributed by atoms with Crippen LogP contribution in [0.15, 0.2) is 4.99 Å². The Morgan fingerprint density at radius 1 is 1.33 bits per heavy atom. The maximum Gasteiger partial charge on any atom is 0.341 e. The summed E-state index contributed by atoms with van der Waals surface area (Å²) in [5, 5.41) is 8.24. The minimum Gasteiger partial charge on any atom is -0.368 e. The van der Waals surface area contributed by atoms with Crippen LogP contribution in [0.1, 0.15) is 0 Å². The van der Waals surface area contributed by atoms with Gasteiger partial charge in [0.25, 0.3) is 0 Å². The third-order valence-electron chi connectivity index (χ3n) is 0.774. The Labute approximate surface area is 67.2 Å². The zero-order chi connectivity index (χ0) is 9.72. The Kier molecular flexibility index (Phi) is 3.05. The Hall–Kier alpha value is -2.30. The van der Waals surface area contributed by atoms with Crippen molar-refractivity contribution < 1.29 is 9.59 Å². The molecule has 0 bridgehead atoms. The van der Waals surface area contributed by atoms with Crippen molar-refractivity contribution in [2.45, 2.75) is 0 Å². The second-order valence-corrected chi connectivity index (χ2v) is 1.58. The summed E-state index contributed by atoms with van der Waals surface area (Å²) in [6.45, 7) is 0. The number of nitrogens with zero attached hydrogens (tertiary/aromatic N) is 3. The number of nitriles is 1. The van der Waals surface area contributed by atoms with Gasteiger partial charge in [0, 0.05) is 0 Å². The maximum atomic E-state index is 10.4. The van der Waals surface area contributed by atoms with Crippen molar-refractivity contribution in [3.63, 3.8) is 0 Å². The summed E-state index contributed by atoms with van der Waals surface area (Å²) in [5.41, 5.74) is 14.2. The fourth-order valence-corrected chi connectivity index (χ4v) is 0.376. The molecule has 0 atom stereocenters. The standard InChI is InChI=1S/C4H6N6O2/c5-1-10(4(8)12)2(6)9-3(7)11/h(H2,8,12)(H4,6,7,9,11). The SMILES string of the molecule is N#CN(C(N)=O)C(N)=NC(N)=O. The Balaban J connectivity index is 4.67. The summed E-state index contributed by atoms with van der Waals surface area (Å²) in [4.78, 5) is 23.6. The largest absolute Gasteiger partial charge is 0.368 e. The molecular weight excluding hydrogens is 164 g/mol. The third-order valence-corrected chi connectivity index (χ3v) is 0.774. The van der Waals surface area contributed by atoms with E-state index in [1.807, 2.05) is 0 Å². The molecule has 0 radical (unpaired) electrons. The van der Waals surface area contributed by atoms with Crippen LogP contribution in [0.4, 0.5) is 9.59 Å².